The number of benzene rings is 3. The Balaban J connectivity index is 1.49. The molecule has 0 spiro atoms. The lowest BCUT2D eigenvalue weighted by Crippen LogP contribution is -2.32. The second-order valence-corrected chi connectivity index (χ2v) is 7.64. The van der Waals surface area contributed by atoms with Gasteiger partial charge in [-0.1, -0.05) is 30.3 Å². The number of rotatable bonds is 10. The van der Waals surface area contributed by atoms with Crippen LogP contribution in [0.3, 0.4) is 0 Å². The van der Waals surface area contributed by atoms with Crippen molar-refractivity contribution in [3.8, 4) is 16.9 Å². The molecule has 3 rings (SSSR count). The zero-order chi connectivity index (χ0) is 25.6. The van der Waals surface area contributed by atoms with E-state index in [-0.39, 0.29) is 48.6 Å². The van der Waals surface area contributed by atoms with Gasteiger partial charge in [-0.2, -0.15) is 13.2 Å². The molecule has 0 amide bonds. The molecule has 11 heteroatoms. The van der Waals surface area contributed by atoms with Crippen molar-refractivity contribution in [3.05, 3.63) is 93.5 Å². The Bertz CT molecular complexity index is 1190. The SMILES string of the molecule is O=[N+]([O-])c1ccc(OCC(O)CNCCc2ccc(-c3ccccc3C(F)(F)F)cc2F)c(F)c1. The second kappa shape index (κ2) is 11.2. The molecule has 35 heavy (non-hydrogen) atoms. The van der Waals surface area contributed by atoms with Crippen LogP contribution in [0.25, 0.3) is 11.1 Å². The number of alkyl halides is 3. The number of nitro benzene ring substituents is 1. The van der Waals surface area contributed by atoms with E-state index in [2.05, 4.69) is 5.32 Å². The number of nitrogens with zero attached hydrogens (tertiary/aromatic N) is 1. The Kier molecular flexibility index (Phi) is 8.36. The van der Waals surface area contributed by atoms with Gasteiger partial charge in [0, 0.05) is 12.6 Å². The smallest absolute Gasteiger partial charge is 0.417 e. The first-order valence-corrected chi connectivity index (χ1v) is 10.5. The number of hydrogen-bond acceptors (Lipinski definition) is 5. The van der Waals surface area contributed by atoms with E-state index in [1.807, 2.05) is 0 Å². The van der Waals surface area contributed by atoms with Gasteiger partial charge < -0.3 is 15.2 Å². The average molecular weight is 496 g/mol. The summed E-state index contributed by atoms with van der Waals surface area (Å²) in [6, 6.07) is 11.7. The fraction of sp³-hybridized carbons (Fsp3) is 0.250. The summed E-state index contributed by atoms with van der Waals surface area (Å²) in [7, 11) is 0. The van der Waals surface area contributed by atoms with Crippen LogP contribution in [-0.4, -0.2) is 35.8 Å². The molecule has 2 N–H and O–H groups in total. The van der Waals surface area contributed by atoms with Crippen molar-refractivity contribution >= 4 is 5.69 Å². The van der Waals surface area contributed by atoms with Crippen LogP contribution in [0.1, 0.15) is 11.1 Å². The van der Waals surface area contributed by atoms with Crippen LogP contribution in [0.4, 0.5) is 27.6 Å². The molecule has 1 atom stereocenters. The Hall–Kier alpha value is -3.57. The van der Waals surface area contributed by atoms with Crippen LogP contribution in [0.15, 0.2) is 60.7 Å². The molecular formula is C24H21F5N2O4. The first-order valence-electron chi connectivity index (χ1n) is 10.5. The van der Waals surface area contributed by atoms with Gasteiger partial charge in [0.15, 0.2) is 11.6 Å². The van der Waals surface area contributed by atoms with Crippen LogP contribution in [0.5, 0.6) is 5.75 Å². The van der Waals surface area contributed by atoms with Gasteiger partial charge in [-0.15, -0.1) is 0 Å². The number of nitrogens with one attached hydrogen (secondary N) is 1. The summed E-state index contributed by atoms with van der Waals surface area (Å²) in [6.45, 7) is -0.00494. The van der Waals surface area contributed by atoms with Gasteiger partial charge in [-0.25, -0.2) is 8.78 Å². The molecule has 0 aromatic heterocycles. The molecule has 0 fully saturated rings. The number of hydrogen-bond donors (Lipinski definition) is 2. The van der Waals surface area contributed by atoms with Crippen molar-refractivity contribution in [2.45, 2.75) is 18.7 Å². The number of ether oxygens (including phenoxy) is 1. The highest BCUT2D eigenvalue weighted by Crippen LogP contribution is 2.37. The molecule has 0 aliphatic heterocycles. The largest absolute Gasteiger partial charge is 0.488 e. The maximum atomic E-state index is 14.5. The molecule has 1 unspecified atom stereocenters. The molecule has 3 aromatic rings. The molecule has 186 valence electrons. The first kappa shape index (κ1) is 26.0. The van der Waals surface area contributed by atoms with Crippen molar-refractivity contribution in [3.63, 3.8) is 0 Å². The molecule has 3 aromatic carbocycles. The molecule has 0 aliphatic carbocycles. The normalized spacial score (nSPS) is 12.4. The standard InChI is InChI=1S/C24H21F5N2O4/c25-21-11-16(19-3-1-2-4-20(19)24(27,28)29)6-5-15(21)9-10-30-13-18(32)14-35-23-8-7-17(31(33)34)12-22(23)26/h1-8,11-12,18,30,32H,9-10,13-14H2. The van der Waals surface area contributed by atoms with Gasteiger partial charge in [0.25, 0.3) is 5.69 Å². The number of nitro groups is 1. The molecular weight excluding hydrogens is 475 g/mol. The Morgan fingerprint density at radius 3 is 2.43 bits per heavy atom. The van der Waals surface area contributed by atoms with Crippen LogP contribution in [0, 0.1) is 21.7 Å². The fourth-order valence-corrected chi connectivity index (χ4v) is 3.36. The van der Waals surface area contributed by atoms with Crippen molar-refractivity contribution in [1.29, 1.82) is 0 Å². The zero-order valence-corrected chi connectivity index (χ0v) is 18.2. The minimum absolute atomic E-state index is 0.0350. The van der Waals surface area contributed by atoms with Crippen molar-refractivity contribution in [2.75, 3.05) is 19.7 Å². The van der Waals surface area contributed by atoms with E-state index in [1.54, 1.807) is 0 Å². The van der Waals surface area contributed by atoms with E-state index in [1.165, 1.54) is 30.3 Å². The van der Waals surface area contributed by atoms with Gasteiger partial charge >= 0.3 is 6.18 Å². The summed E-state index contributed by atoms with van der Waals surface area (Å²) in [6.07, 6.45) is -5.40. The van der Waals surface area contributed by atoms with Crippen molar-refractivity contribution in [1.82, 2.24) is 5.32 Å². The van der Waals surface area contributed by atoms with Gasteiger partial charge in [0.1, 0.15) is 18.5 Å². The number of aliphatic hydroxyl groups is 1. The summed E-state index contributed by atoms with van der Waals surface area (Å²) in [5, 5.41) is 23.5. The molecule has 0 bridgehead atoms. The van der Waals surface area contributed by atoms with Gasteiger partial charge in [0.2, 0.25) is 0 Å². The molecule has 0 heterocycles. The van der Waals surface area contributed by atoms with Crippen LogP contribution in [0.2, 0.25) is 0 Å². The molecule has 0 radical (unpaired) electrons. The quantitative estimate of drug-likeness (QED) is 0.176. The predicted molar refractivity (Wildman–Crippen MR) is 118 cm³/mol. The fourth-order valence-electron chi connectivity index (χ4n) is 3.36. The zero-order valence-electron chi connectivity index (χ0n) is 18.2. The Morgan fingerprint density at radius 1 is 1.03 bits per heavy atom. The van der Waals surface area contributed by atoms with E-state index in [0.717, 1.165) is 24.3 Å². The van der Waals surface area contributed by atoms with Crippen LogP contribution >= 0.6 is 0 Å². The third-order valence-corrected chi connectivity index (χ3v) is 5.11. The lowest BCUT2D eigenvalue weighted by atomic mass is 9.97. The highest BCUT2D eigenvalue weighted by atomic mass is 19.4. The summed E-state index contributed by atoms with van der Waals surface area (Å²) >= 11 is 0. The molecule has 6 nitrogen and oxygen atoms in total. The van der Waals surface area contributed by atoms with E-state index < -0.39 is 40.1 Å². The van der Waals surface area contributed by atoms with Crippen LogP contribution in [-0.2, 0) is 12.6 Å². The summed E-state index contributed by atoms with van der Waals surface area (Å²) in [5.74, 6) is -1.83. The molecule has 0 aliphatic rings. The van der Waals surface area contributed by atoms with Gasteiger partial charge in [-0.3, -0.25) is 10.1 Å². The lowest BCUT2D eigenvalue weighted by molar-refractivity contribution is -0.385. The minimum atomic E-state index is -4.57. The van der Waals surface area contributed by atoms with Crippen molar-refractivity contribution < 1.29 is 36.7 Å². The highest BCUT2D eigenvalue weighted by Gasteiger charge is 2.33. The number of halogens is 5. The highest BCUT2D eigenvalue weighted by molar-refractivity contribution is 5.68. The first-order chi connectivity index (χ1) is 16.6. The minimum Gasteiger partial charge on any atom is -0.488 e. The Labute approximate surface area is 197 Å². The topological polar surface area (TPSA) is 84.6 Å². The maximum Gasteiger partial charge on any atom is 0.417 e. The van der Waals surface area contributed by atoms with Gasteiger partial charge in [-0.05, 0) is 47.9 Å². The summed E-state index contributed by atoms with van der Waals surface area (Å²) in [4.78, 5) is 9.87. The molecule has 0 saturated heterocycles. The van der Waals surface area contributed by atoms with E-state index >= 15 is 0 Å². The number of aliphatic hydroxyl groups excluding tert-OH is 1. The van der Waals surface area contributed by atoms with E-state index in [0.29, 0.717) is 6.07 Å². The lowest BCUT2D eigenvalue weighted by Gasteiger charge is -2.15. The van der Waals surface area contributed by atoms with Crippen LogP contribution < -0.4 is 10.1 Å². The molecule has 0 saturated carbocycles. The third-order valence-electron chi connectivity index (χ3n) is 5.11. The Morgan fingerprint density at radius 2 is 1.77 bits per heavy atom. The van der Waals surface area contributed by atoms with E-state index in [4.69, 9.17) is 4.74 Å². The second-order valence-electron chi connectivity index (χ2n) is 7.64. The van der Waals surface area contributed by atoms with E-state index in [9.17, 15) is 37.2 Å². The van der Waals surface area contributed by atoms with Gasteiger partial charge in [0.05, 0.1) is 16.6 Å². The van der Waals surface area contributed by atoms with Crippen molar-refractivity contribution in [2.24, 2.45) is 0 Å². The predicted octanol–water partition coefficient (Wildman–Crippen LogP) is 5.13. The number of non-ortho nitro benzene ring substituents is 1. The third kappa shape index (κ3) is 6.96. The summed E-state index contributed by atoms with van der Waals surface area (Å²) in [5.41, 5.74) is -1.00. The maximum absolute atomic E-state index is 14.5. The monoisotopic (exact) mass is 496 g/mol. The summed E-state index contributed by atoms with van der Waals surface area (Å²) < 4.78 is 73.1. The average Bonchev–Trinajstić information content (AvgIpc) is 2.81.